The van der Waals surface area contributed by atoms with Crippen LogP contribution in [0.1, 0.15) is 16.0 Å². The van der Waals surface area contributed by atoms with E-state index in [0.717, 1.165) is 17.3 Å². The van der Waals surface area contributed by atoms with Crippen LogP contribution in [-0.4, -0.2) is 12.1 Å². The first-order chi connectivity index (χ1) is 9.49. The second kappa shape index (κ2) is 6.23. The Labute approximate surface area is 118 Å². The first kappa shape index (κ1) is 14.8. The maximum Gasteiger partial charge on any atom is 0.427 e. The summed E-state index contributed by atoms with van der Waals surface area (Å²) in [4.78, 5) is 3.01. The van der Waals surface area contributed by atoms with Crippen molar-refractivity contribution in [3.63, 3.8) is 0 Å². The number of hydrogen-bond acceptors (Lipinski definition) is 4. The van der Waals surface area contributed by atoms with E-state index in [2.05, 4.69) is 10.3 Å². The number of nitrogens with zero attached hydrogens (tertiary/aromatic N) is 1. The summed E-state index contributed by atoms with van der Waals surface area (Å²) in [6.45, 7) is 0.965. The number of anilines is 1. The Kier molecular flexibility index (Phi) is 4.61. The van der Waals surface area contributed by atoms with Crippen molar-refractivity contribution in [3.8, 4) is 0 Å². The summed E-state index contributed by atoms with van der Waals surface area (Å²) < 4.78 is 42.2. The van der Waals surface area contributed by atoms with E-state index in [-0.39, 0.29) is 5.13 Å². The zero-order valence-electron chi connectivity index (χ0n) is 10.7. The Morgan fingerprint density at radius 2 is 1.85 bits per heavy atom. The van der Waals surface area contributed by atoms with E-state index in [0.29, 0.717) is 24.5 Å². The third-order valence-corrected chi connectivity index (χ3v) is 3.56. The number of halogens is 3. The first-order valence-corrected chi connectivity index (χ1v) is 6.64. The van der Waals surface area contributed by atoms with Crippen molar-refractivity contribution in [2.75, 3.05) is 12.4 Å². The second-order valence-electron chi connectivity index (χ2n) is 4.13. The van der Waals surface area contributed by atoms with Gasteiger partial charge in [0.25, 0.3) is 0 Å². The van der Waals surface area contributed by atoms with Crippen molar-refractivity contribution < 1.29 is 17.9 Å². The molecule has 7 heteroatoms. The SMILES string of the molecule is COCc1ccc(CNc2ncc(C(F)(F)F)s2)cc1. The summed E-state index contributed by atoms with van der Waals surface area (Å²) in [5.74, 6) is 0. The maximum atomic E-state index is 12.4. The average molecular weight is 302 g/mol. The van der Waals surface area contributed by atoms with Crippen LogP contribution >= 0.6 is 11.3 Å². The van der Waals surface area contributed by atoms with Gasteiger partial charge in [-0.25, -0.2) is 4.98 Å². The van der Waals surface area contributed by atoms with Gasteiger partial charge in [0.2, 0.25) is 0 Å². The van der Waals surface area contributed by atoms with Crippen LogP contribution in [0, 0.1) is 0 Å². The summed E-state index contributed by atoms with van der Waals surface area (Å²) in [5, 5.41) is 3.14. The molecule has 0 amide bonds. The van der Waals surface area contributed by atoms with Crippen LogP contribution in [0.5, 0.6) is 0 Å². The highest BCUT2D eigenvalue weighted by molar-refractivity contribution is 7.15. The van der Waals surface area contributed by atoms with Crippen LogP contribution in [0.25, 0.3) is 0 Å². The lowest BCUT2D eigenvalue weighted by atomic mass is 10.1. The fourth-order valence-corrected chi connectivity index (χ4v) is 2.26. The van der Waals surface area contributed by atoms with Crippen LogP contribution in [0.15, 0.2) is 30.5 Å². The molecule has 0 aliphatic rings. The largest absolute Gasteiger partial charge is 0.427 e. The minimum atomic E-state index is -4.33. The molecule has 108 valence electrons. The third kappa shape index (κ3) is 3.94. The standard InChI is InChI=1S/C13H13F3N2OS/c1-19-8-10-4-2-9(3-5-10)6-17-12-18-7-11(20-12)13(14,15)16/h2-5,7H,6,8H2,1H3,(H,17,18). The monoisotopic (exact) mass is 302 g/mol. The second-order valence-corrected chi connectivity index (χ2v) is 5.16. The fourth-order valence-electron chi connectivity index (χ4n) is 1.58. The van der Waals surface area contributed by atoms with Crippen molar-refractivity contribution in [2.45, 2.75) is 19.3 Å². The summed E-state index contributed by atoms with van der Waals surface area (Å²) in [6, 6.07) is 7.65. The zero-order chi connectivity index (χ0) is 14.6. The van der Waals surface area contributed by atoms with Crippen LogP contribution in [0.2, 0.25) is 0 Å². The highest BCUT2D eigenvalue weighted by atomic mass is 32.1. The number of ether oxygens (including phenoxy) is 1. The molecule has 0 bridgehead atoms. The van der Waals surface area contributed by atoms with E-state index in [9.17, 15) is 13.2 Å². The molecule has 0 unspecified atom stereocenters. The maximum absolute atomic E-state index is 12.4. The van der Waals surface area contributed by atoms with E-state index in [1.54, 1.807) is 7.11 Å². The van der Waals surface area contributed by atoms with Gasteiger partial charge in [-0.15, -0.1) is 0 Å². The van der Waals surface area contributed by atoms with Gasteiger partial charge in [0, 0.05) is 13.7 Å². The molecule has 0 atom stereocenters. The van der Waals surface area contributed by atoms with Gasteiger partial charge < -0.3 is 10.1 Å². The number of aromatic nitrogens is 1. The molecule has 0 fully saturated rings. The molecule has 2 rings (SSSR count). The minimum absolute atomic E-state index is 0.262. The van der Waals surface area contributed by atoms with Crippen molar-refractivity contribution in [1.29, 1.82) is 0 Å². The first-order valence-electron chi connectivity index (χ1n) is 5.82. The van der Waals surface area contributed by atoms with Crippen molar-refractivity contribution in [2.24, 2.45) is 0 Å². The lowest BCUT2D eigenvalue weighted by Gasteiger charge is -2.05. The number of hydrogen-bond donors (Lipinski definition) is 1. The molecule has 1 heterocycles. The summed E-state index contributed by atoms with van der Waals surface area (Å²) in [5.41, 5.74) is 2.01. The molecule has 20 heavy (non-hydrogen) atoms. The number of nitrogens with one attached hydrogen (secondary N) is 1. The summed E-state index contributed by atoms with van der Waals surface area (Å²) in [6.07, 6.45) is -3.49. The van der Waals surface area contributed by atoms with Crippen LogP contribution in [0.4, 0.5) is 18.3 Å². The van der Waals surface area contributed by atoms with Crippen molar-refractivity contribution >= 4 is 16.5 Å². The zero-order valence-corrected chi connectivity index (χ0v) is 11.5. The molecular weight excluding hydrogens is 289 g/mol. The molecule has 0 radical (unpaired) electrons. The number of alkyl halides is 3. The highest BCUT2D eigenvalue weighted by Gasteiger charge is 2.33. The molecule has 1 N–H and O–H groups in total. The Morgan fingerprint density at radius 3 is 2.40 bits per heavy atom. The summed E-state index contributed by atoms with van der Waals surface area (Å²) >= 11 is 0.603. The van der Waals surface area contributed by atoms with Gasteiger partial charge in [0.05, 0.1) is 12.8 Å². The number of methoxy groups -OCH3 is 1. The Hall–Kier alpha value is -1.60. The normalized spacial score (nSPS) is 11.6. The van der Waals surface area contributed by atoms with E-state index < -0.39 is 11.1 Å². The van der Waals surface area contributed by atoms with E-state index >= 15 is 0 Å². The molecule has 2 aromatic rings. The van der Waals surface area contributed by atoms with E-state index in [4.69, 9.17) is 4.74 Å². The molecule has 1 aromatic carbocycles. The molecular formula is C13H13F3N2OS. The lowest BCUT2D eigenvalue weighted by Crippen LogP contribution is -2.01. The summed E-state index contributed by atoms with van der Waals surface area (Å²) in [7, 11) is 1.62. The molecule has 0 aliphatic carbocycles. The van der Waals surface area contributed by atoms with Crippen LogP contribution in [-0.2, 0) is 24.1 Å². The van der Waals surface area contributed by atoms with Gasteiger partial charge in [-0.3, -0.25) is 0 Å². The molecule has 3 nitrogen and oxygen atoms in total. The van der Waals surface area contributed by atoms with Gasteiger partial charge in [-0.05, 0) is 11.1 Å². The molecule has 0 saturated carbocycles. The van der Waals surface area contributed by atoms with Crippen molar-refractivity contribution in [3.05, 3.63) is 46.5 Å². The Morgan fingerprint density at radius 1 is 1.20 bits per heavy atom. The van der Waals surface area contributed by atoms with Gasteiger partial charge >= 0.3 is 6.18 Å². The van der Waals surface area contributed by atoms with Crippen LogP contribution < -0.4 is 5.32 Å². The molecule has 0 aliphatic heterocycles. The highest BCUT2D eigenvalue weighted by Crippen LogP contribution is 2.35. The number of thiazole rings is 1. The minimum Gasteiger partial charge on any atom is -0.380 e. The third-order valence-electron chi connectivity index (χ3n) is 2.56. The van der Waals surface area contributed by atoms with Crippen LogP contribution in [0.3, 0.4) is 0 Å². The smallest absolute Gasteiger partial charge is 0.380 e. The fraction of sp³-hybridized carbons (Fsp3) is 0.308. The topological polar surface area (TPSA) is 34.1 Å². The molecule has 0 saturated heterocycles. The van der Waals surface area contributed by atoms with Gasteiger partial charge in [0.15, 0.2) is 5.13 Å². The lowest BCUT2D eigenvalue weighted by molar-refractivity contribution is -0.134. The van der Waals surface area contributed by atoms with E-state index in [1.165, 1.54) is 0 Å². The quantitative estimate of drug-likeness (QED) is 0.909. The predicted molar refractivity (Wildman–Crippen MR) is 71.6 cm³/mol. The predicted octanol–water partition coefficient (Wildman–Crippen LogP) is 3.92. The molecule has 0 spiro atoms. The molecule has 1 aromatic heterocycles. The Balaban J connectivity index is 1.93. The number of benzene rings is 1. The Bertz CT molecular complexity index is 551. The van der Waals surface area contributed by atoms with E-state index in [1.807, 2.05) is 24.3 Å². The van der Waals surface area contributed by atoms with Gasteiger partial charge in [-0.2, -0.15) is 13.2 Å². The van der Waals surface area contributed by atoms with Gasteiger partial charge in [-0.1, -0.05) is 35.6 Å². The van der Waals surface area contributed by atoms with Crippen molar-refractivity contribution in [1.82, 2.24) is 4.98 Å². The average Bonchev–Trinajstić information content (AvgIpc) is 2.87. The van der Waals surface area contributed by atoms with Gasteiger partial charge in [0.1, 0.15) is 4.88 Å². The number of rotatable bonds is 5.